The van der Waals surface area contributed by atoms with E-state index in [0.29, 0.717) is 12.2 Å². The summed E-state index contributed by atoms with van der Waals surface area (Å²) in [7, 11) is 0. The summed E-state index contributed by atoms with van der Waals surface area (Å²) < 4.78 is 0. The maximum atomic E-state index is 12.8. The molecular formula is C19H34N6O7S. The van der Waals surface area contributed by atoms with Crippen molar-refractivity contribution in [3.05, 3.63) is 0 Å². The van der Waals surface area contributed by atoms with E-state index >= 15 is 0 Å². The topological polar surface area (TPSA) is 237 Å². The van der Waals surface area contributed by atoms with Crippen LogP contribution in [0.5, 0.6) is 0 Å². The van der Waals surface area contributed by atoms with E-state index in [1.807, 2.05) is 6.26 Å². The Morgan fingerprint density at radius 2 is 1.27 bits per heavy atom. The van der Waals surface area contributed by atoms with Gasteiger partial charge in [-0.2, -0.15) is 11.8 Å². The SMILES string of the molecule is CSCCC(N)C(=O)NC(CC(N)=O)C(=O)NC(CC(C)C)C(=O)NC(CC(N)=O)C(=O)O. The van der Waals surface area contributed by atoms with E-state index in [-0.39, 0.29) is 12.3 Å². The molecule has 14 heteroatoms. The van der Waals surface area contributed by atoms with Crippen LogP contribution in [0.3, 0.4) is 0 Å². The van der Waals surface area contributed by atoms with Crippen LogP contribution in [0.1, 0.15) is 39.5 Å². The highest BCUT2D eigenvalue weighted by molar-refractivity contribution is 7.98. The molecule has 188 valence electrons. The third kappa shape index (κ3) is 12.7. The van der Waals surface area contributed by atoms with Crippen molar-refractivity contribution in [3.63, 3.8) is 0 Å². The van der Waals surface area contributed by atoms with Crippen molar-refractivity contribution in [2.45, 2.75) is 63.7 Å². The van der Waals surface area contributed by atoms with Gasteiger partial charge in [-0.15, -0.1) is 0 Å². The highest BCUT2D eigenvalue weighted by Gasteiger charge is 2.31. The monoisotopic (exact) mass is 490 g/mol. The summed E-state index contributed by atoms with van der Waals surface area (Å²) in [5.41, 5.74) is 16.0. The molecule has 13 nitrogen and oxygen atoms in total. The average Bonchev–Trinajstić information content (AvgIpc) is 2.68. The summed E-state index contributed by atoms with van der Waals surface area (Å²) in [5.74, 6) is -5.19. The predicted octanol–water partition coefficient (Wildman–Crippen LogP) is -2.60. The standard InChI is InChI=1S/C19H34N6O7S/c1-9(2)6-11(17(29)25-13(19(31)32)8-15(22)27)24-18(30)12(7-14(21)26)23-16(28)10(20)4-5-33-3/h9-13H,4-8,20H2,1-3H3,(H2,21,26)(H2,22,27)(H,23,28)(H,24,30)(H,25,29)(H,31,32). The second kappa shape index (κ2) is 15.1. The lowest BCUT2D eigenvalue weighted by molar-refractivity contribution is -0.144. The molecule has 0 aliphatic carbocycles. The van der Waals surface area contributed by atoms with Crippen LogP contribution in [0.4, 0.5) is 0 Å². The van der Waals surface area contributed by atoms with Crippen LogP contribution in [0.25, 0.3) is 0 Å². The summed E-state index contributed by atoms with van der Waals surface area (Å²) in [6, 6.07) is -5.11. The largest absolute Gasteiger partial charge is 0.480 e. The van der Waals surface area contributed by atoms with Gasteiger partial charge in [-0.3, -0.25) is 24.0 Å². The lowest BCUT2D eigenvalue weighted by Gasteiger charge is -2.25. The Labute approximate surface area is 196 Å². The second-order valence-corrected chi connectivity index (χ2v) is 8.87. The minimum Gasteiger partial charge on any atom is -0.480 e. The number of aliphatic carboxylic acids is 1. The molecule has 0 radical (unpaired) electrons. The first-order valence-corrected chi connectivity index (χ1v) is 11.6. The quantitative estimate of drug-likeness (QED) is 0.120. The van der Waals surface area contributed by atoms with Gasteiger partial charge in [0.15, 0.2) is 0 Å². The number of carboxylic acid groups (broad SMARTS) is 1. The molecule has 10 N–H and O–H groups in total. The highest BCUT2D eigenvalue weighted by Crippen LogP contribution is 2.08. The van der Waals surface area contributed by atoms with Crippen LogP contribution >= 0.6 is 11.8 Å². The Morgan fingerprint density at radius 3 is 1.73 bits per heavy atom. The lowest BCUT2D eigenvalue weighted by Crippen LogP contribution is -2.58. The minimum absolute atomic E-state index is 0.102. The van der Waals surface area contributed by atoms with Gasteiger partial charge in [-0.05, 0) is 30.8 Å². The van der Waals surface area contributed by atoms with Gasteiger partial charge >= 0.3 is 5.97 Å². The Bertz CT molecular complexity index is 733. The summed E-state index contributed by atoms with van der Waals surface area (Å²) in [6.07, 6.45) is 1.10. The average molecular weight is 491 g/mol. The van der Waals surface area contributed by atoms with Crippen molar-refractivity contribution in [2.24, 2.45) is 23.1 Å². The lowest BCUT2D eigenvalue weighted by atomic mass is 10.0. The molecule has 4 unspecified atom stereocenters. The number of carbonyl (C=O) groups excluding carboxylic acids is 5. The van der Waals surface area contributed by atoms with Gasteiger partial charge in [0.1, 0.15) is 18.1 Å². The van der Waals surface area contributed by atoms with Gasteiger partial charge in [0.2, 0.25) is 29.5 Å². The van der Waals surface area contributed by atoms with Crippen LogP contribution in [0, 0.1) is 5.92 Å². The molecule has 0 heterocycles. The van der Waals surface area contributed by atoms with Gasteiger partial charge < -0.3 is 38.3 Å². The number of hydrogen-bond donors (Lipinski definition) is 7. The van der Waals surface area contributed by atoms with Crippen LogP contribution < -0.4 is 33.2 Å². The first-order valence-electron chi connectivity index (χ1n) is 10.2. The molecule has 0 spiro atoms. The molecule has 0 rings (SSSR count). The Kier molecular flexibility index (Phi) is 13.7. The number of thioether (sulfide) groups is 1. The van der Waals surface area contributed by atoms with E-state index in [2.05, 4.69) is 16.0 Å². The third-order valence-corrected chi connectivity index (χ3v) is 5.01. The van der Waals surface area contributed by atoms with Gasteiger partial charge in [-0.25, -0.2) is 4.79 Å². The van der Waals surface area contributed by atoms with Crippen LogP contribution in [0.2, 0.25) is 0 Å². The van der Waals surface area contributed by atoms with E-state index in [9.17, 15) is 33.9 Å². The fourth-order valence-electron chi connectivity index (χ4n) is 2.71. The molecule has 33 heavy (non-hydrogen) atoms. The molecule has 4 atom stereocenters. The molecule has 0 aromatic rings. The number of nitrogens with two attached hydrogens (primary N) is 3. The van der Waals surface area contributed by atoms with Crippen molar-refractivity contribution in [1.82, 2.24) is 16.0 Å². The highest BCUT2D eigenvalue weighted by atomic mass is 32.2. The number of primary amides is 2. The number of rotatable bonds is 16. The molecule has 0 aromatic carbocycles. The molecular weight excluding hydrogens is 456 g/mol. The van der Waals surface area contributed by atoms with Crippen molar-refractivity contribution in [1.29, 1.82) is 0 Å². The summed E-state index contributed by atoms with van der Waals surface area (Å²) in [4.78, 5) is 71.6. The van der Waals surface area contributed by atoms with Crippen LogP contribution in [-0.2, 0) is 28.8 Å². The number of nitrogens with one attached hydrogen (secondary N) is 3. The van der Waals surface area contributed by atoms with Crippen molar-refractivity contribution in [3.8, 4) is 0 Å². The molecule has 5 amide bonds. The Morgan fingerprint density at radius 1 is 0.818 bits per heavy atom. The van der Waals surface area contributed by atoms with E-state index in [4.69, 9.17) is 17.2 Å². The van der Waals surface area contributed by atoms with Crippen molar-refractivity contribution in [2.75, 3.05) is 12.0 Å². The van der Waals surface area contributed by atoms with Gasteiger partial charge in [0.25, 0.3) is 0 Å². The third-order valence-electron chi connectivity index (χ3n) is 4.37. The fourth-order valence-corrected chi connectivity index (χ4v) is 3.20. The number of carboxylic acids is 1. The minimum atomic E-state index is -1.59. The fraction of sp³-hybridized carbons (Fsp3) is 0.684. The zero-order valence-electron chi connectivity index (χ0n) is 19.0. The summed E-state index contributed by atoms with van der Waals surface area (Å²) >= 11 is 1.48. The number of hydrogen-bond acceptors (Lipinski definition) is 8. The van der Waals surface area contributed by atoms with Gasteiger partial charge in [-0.1, -0.05) is 13.8 Å². The second-order valence-electron chi connectivity index (χ2n) is 7.88. The maximum absolute atomic E-state index is 12.8. The molecule has 0 saturated carbocycles. The van der Waals surface area contributed by atoms with E-state index in [0.717, 1.165) is 0 Å². The zero-order valence-corrected chi connectivity index (χ0v) is 19.8. The summed E-state index contributed by atoms with van der Waals surface area (Å²) in [6.45, 7) is 3.52. The zero-order chi connectivity index (χ0) is 25.7. The van der Waals surface area contributed by atoms with Crippen LogP contribution in [-0.4, -0.2) is 76.8 Å². The predicted molar refractivity (Wildman–Crippen MR) is 121 cm³/mol. The van der Waals surface area contributed by atoms with Gasteiger partial charge in [0.05, 0.1) is 18.9 Å². The first-order chi connectivity index (χ1) is 15.3. The van der Waals surface area contributed by atoms with E-state index < -0.39 is 72.5 Å². The molecule has 0 aromatic heterocycles. The molecule has 0 bridgehead atoms. The smallest absolute Gasteiger partial charge is 0.326 e. The maximum Gasteiger partial charge on any atom is 0.326 e. The molecule has 0 fully saturated rings. The normalized spacial score (nSPS) is 14.5. The molecule has 0 aliphatic heterocycles. The van der Waals surface area contributed by atoms with E-state index in [1.54, 1.807) is 13.8 Å². The molecule has 0 saturated heterocycles. The summed E-state index contributed by atoms with van der Waals surface area (Å²) in [5, 5.41) is 16.1. The molecule has 0 aliphatic rings. The number of carbonyl (C=O) groups is 6. The number of amides is 5. The van der Waals surface area contributed by atoms with E-state index in [1.165, 1.54) is 11.8 Å². The van der Waals surface area contributed by atoms with Crippen LogP contribution in [0.15, 0.2) is 0 Å². The van der Waals surface area contributed by atoms with Crippen molar-refractivity contribution < 1.29 is 33.9 Å². The first kappa shape index (κ1) is 30.1. The van der Waals surface area contributed by atoms with Gasteiger partial charge in [0, 0.05) is 0 Å². The Balaban J connectivity index is 5.50. The van der Waals surface area contributed by atoms with Crippen molar-refractivity contribution >= 4 is 47.3 Å². The Hall–Kier alpha value is -2.87.